The van der Waals surface area contributed by atoms with Crippen molar-refractivity contribution in [3.8, 4) is 0 Å². The zero-order chi connectivity index (χ0) is 12.4. The van der Waals surface area contributed by atoms with E-state index in [4.69, 9.17) is 0 Å². The van der Waals surface area contributed by atoms with Crippen molar-refractivity contribution in [1.82, 2.24) is 15.0 Å². The number of pyridine rings is 1. The summed E-state index contributed by atoms with van der Waals surface area (Å²) in [7, 11) is 0. The number of hydrogen-bond acceptors (Lipinski definition) is 4. The van der Waals surface area contributed by atoms with E-state index in [-0.39, 0.29) is 0 Å². The molecular formula is C13H13BrN4. The summed E-state index contributed by atoms with van der Waals surface area (Å²) in [5.74, 6) is 0.784. The van der Waals surface area contributed by atoms with Crippen LogP contribution in [-0.2, 0) is 0 Å². The maximum absolute atomic E-state index is 4.45. The predicted molar refractivity (Wildman–Crippen MR) is 73.3 cm³/mol. The Hall–Kier alpha value is -1.49. The van der Waals surface area contributed by atoms with Crippen molar-refractivity contribution < 1.29 is 0 Å². The van der Waals surface area contributed by atoms with Crippen molar-refractivity contribution >= 4 is 21.9 Å². The average Bonchev–Trinajstić information content (AvgIpc) is 2.90. The minimum Gasteiger partial charge on any atom is -0.332 e. The molecule has 2 aromatic heterocycles. The van der Waals surface area contributed by atoms with Crippen molar-refractivity contribution in [2.24, 2.45) is 0 Å². The molecule has 0 amide bonds. The zero-order valence-corrected chi connectivity index (χ0v) is 11.4. The standard InChI is InChI=1S/C13H13BrN4/c14-10-8-16-13(17-9-10)18-7-3-5-12(18)11-4-1-2-6-15-11/h1-2,4,6,8-9,12H,3,5,7H2. The van der Waals surface area contributed by atoms with Crippen LogP contribution < -0.4 is 4.90 Å². The quantitative estimate of drug-likeness (QED) is 0.855. The molecule has 4 nitrogen and oxygen atoms in total. The highest BCUT2D eigenvalue weighted by atomic mass is 79.9. The predicted octanol–water partition coefficient (Wildman–Crippen LogP) is 2.98. The highest BCUT2D eigenvalue weighted by molar-refractivity contribution is 9.10. The van der Waals surface area contributed by atoms with Crippen LogP contribution in [0.5, 0.6) is 0 Å². The first kappa shape index (κ1) is 11.6. The van der Waals surface area contributed by atoms with Crippen LogP contribution >= 0.6 is 15.9 Å². The van der Waals surface area contributed by atoms with Crippen LogP contribution in [0.15, 0.2) is 41.3 Å². The largest absolute Gasteiger partial charge is 0.332 e. The van der Waals surface area contributed by atoms with Gasteiger partial charge in [0.2, 0.25) is 5.95 Å². The second-order valence-electron chi connectivity index (χ2n) is 4.31. The third-order valence-electron chi connectivity index (χ3n) is 3.15. The second kappa shape index (κ2) is 5.02. The summed E-state index contributed by atoms with van der Waals surface area (Å²) in [6.45, 7) is 0.989. The van der Waals surface area contributed by atoms with Crippen LogP contribution in [0.1, 0.15) is 24.6 Å². The van der Waals surface area contributed by atoms with Gasteiger partial charge in [-0.3, -0.25) is 4.98 Å². The first-order valence-corrected chi connectivity index (χ1v) is 6.79. The fourth-order valence-corrected chi connectivity index (χ4v) is 2.55. The minimum atomic E-state index is 0.298. The zero-order valence-electron chi connectivity index (χ0n) is 9.83. The molecule has 0 aliphatic carbocycles. The minimum absolute atomic E-state index is 0.298. The molecule has 0 saturated carbocycles. The van der Waals surface area contributed by atoms with E-state index in [1.165, 1.54) is 0 Å². The summed E-state index contributed by atoms with van der Waals surface area (Å²) in [6, 6.07) is 6.34. The van der Waals surface area contributed by atoms with Gasteiger partial charge >= 0.3 is 0 Å². The molecule has 18 heavy (non-hydrogen) atoms. The number of nitrogens with zero attached hydrogens (tertiary/aromatic N) is 4. The molecule has 2 aromatic rings. The first-order valence-electron chi connectivity index (χ1n) is 6.00. The van der Waals surface area contributed by atoms with E-state index in [1.807, 2.05) is 18.3 Å². The van der Waals surface area contributed by atoms with Crippen LogP contribution in [0.25, 0.3) is 0 Å². The Bertz CT molecular complexity index is 514. The number of halogens is 1. The fraction of sp³-hybridized carbons (Fsp3) is 0.308. The summed E-state index contributed by atoms with van der Waals surface area (Å²) < 4.78 is 0.903. The summed E-state index contributed by atoms with van der Waals surface area (Å²) in [4.78, 5) is 15.4. The summed E-state index contributed by atoms with van der Waals surface area (Å²) in [5, 5.41) is 0. The Labute approximate surface area is 114 Å². The molecule has 0 bridgehead atoms. The first-order chi connectivity index (χ1) is 8.84. The fourth-order valence-electron chi connectivity index (χ4n) is 2.34. The van der Waals surface area contributed by atoms with E-state index in [0.717, 1.165) is 35.5 Å². The average molecular weight is 305 g/mol. The second-order valence-corrected chi connectivity index (χ2v) is 5.22. The van der Waals surface area contributed by atoms with Gasteiger partial charge in [0.1, 0.15) is 0 Å². The molecule has 1 aliphatic rings. The summed E-state index contributed by atoms with van der Waals surface area (Å²) in [5.41, 5.74) is 1.10. The van der Waals surface area contributed by atoms with Gasteiger partial charge < -0.3 is 4.90 Å². The van der Waals surface area contributed by atoms with Gasteiger partial charge in [0.15, 0.2) is 0 Å². The van der Waals surface area contributed by atoms with Crippen molar-refractivity contribution in [2.75, 3.05) is 11.4 Å². The van der Waals surface area contributed by atoms with Crippen LogP contribution in [0, 0.1) is 0 Å². The molecule has 5 heteroatoms. The maximum atomic E-state index is 4.45. The molecular weight excluding hydrogens is 292 g/mol. The van der Waals surface area contributed by atoms with Gasteiger partial charge in [-0.1, -0.05) is 6.07 Å². The summed E-state index contributed by atoms with van der Waals surface area (Å²) in [6.07, 6.45) is 7.68. The SMILES string of the molecule is Brc1cnc(N2CCCC2c2ccccn2)nc1. The normalized spacial score (nSPS) is 19.2. The van der Waals surface area contributed by atoms with E-state index in [0.29, 0.717) is 6.04 Å². The number of hydrogen-bond donors (Lipinski definition) is 0. The van der Waals surface area contributed by atoms with E-state index in [9.17, 15) is 0 Å². The third-order valence-corrected chi connectivity index (χ3v) is 3.56. The third kappa shape index (κ3) is 2.22. The molecule has 0 N–H and O–H groups in total. The molecule has 3 rings (SSSR count). The molecule has 1 fully saturated rings. The molecule has 0 spiro atoms. The highest BCUT2D eigenvalue weighted by Gasteiger charge is 2.28. The monoisotopic (exact) mass is 304 g/mol. The van der Waals surface area contributed by atoms with Crippen molar-refractivity contribution in [3.63, 3.8) is 0 Å². The van der Waals surface area contributed by atoms with E-state index >= 15 is 0 Å². The Morgan fingerprint density at radius 3 is 2.72 bits per heavy atom. The van der Waals surface area contributed by atoms with Crippen LogP contribution in [0.3, 0.4) is 0 Å². The van der Waals surface area contributed by atoms with Crippen molar-refractivity contribution in [2.45, 2.75) is 18.9 Å². The lowest BCUT2D eigenvalue weighted by Crippen LogP contribution is -2.25. The Morgan fingerprint density at radius 2 is 2.00 bits per heavy atom. The van der Waals surface area contributed by atoms with Crippen molar-refractivity contribution in [1.29, 1.82) is 0 Å². The number of rotatable bonds is 2. The lowest BCUT2D eigenvalue weighted by atomic mass is 10.1. The Morgan fingerprint density at radius 1 is 1.17 bits per heavy atom. The van der Waals surface area contributed by atoms with Crippen LogP contribution in [0.2, 0.25) is 0 Å². The van der Waals surface area contributed by atoms with Gasteiger partial charge in [-0.15, -0.1) is 0 Å². The number of aromatic nitrogens is 3. The van der Waals surface area contributed by atoms with Gasteiger partial charge in [-0.25, -0.2) is 9.97 Å². The lowest BCUT2D eigenvalue weighted by molar-refractivity contribution is 0.679. The Balaban J connectivity index is 1.90. The van der Waals surface area contributed by atoms with Gasteiger partial charge in [-0.2, -0.15) is 0 Å². The van der Waals surface area contributed by atoms with Gasteiger partial charge in [0.05, 0.1) is 16.2 Å². The van der Waals surface area contributed by atoms with Gasteiger partial charge in [0.25, 0.3) is 0 Å². The topological polar surface area (TPSA) is 41.9 Å². The maximum Gasteiger partial charge on any atom is 0.225 e. The van der Waals surface area contributed by atoms with Crippen molar-refractivity contribution in [3.05, 3.63) is 47.0 Å². The molecule has 1 atom stereocenters. The van der Waals surface area contributed by atoms with Gasteiger partial charge in [0, 0.05) is 25.1 Å². The van der Waals surface area contributed by atoms with Gasteiger partial charge in [-0.05, 0) is 40.9 Å². The highest BCUT2D eigenvalue weighted by Crippen LogP contribution is 2.33. The molecule has 0 aromatic carbocycles. The molecule has 1 saturated heterocycles. The van der Waals surface area contributed by atoms with E-state index in [1.54, 1.807) is 12.4 Å². The molecule has 1 aliphatic heterocycles. The van der Waals surface area contributed by atoms with E-state index < -0.39 is 0 Å². The molecule has 0 radical (unpaired) electrons. The number of anilines is 1. The molecule has 3 heterocycles. The smallest absolute Gasteiger partial charge is 0.225 e. The Kier molecular flexibility index (Phi) is 3.23. The van der Waals surface area contributed by atoms with Crippen LogP contribution in [-0.4, -0.2) is 21.5 Å². The lowest BCUT2D eigenvalue weighted by Gasteiger charge is -2.23. The molecule has 1 unspecified atom stereocenters. The summed E-state index contributed by atoms with van der Waals surface area (Å²) >= 11 is 3.36. The van der Waals surface area contributed by atoms with Crippen LogP contribution in [0.4, 0.5) is 5.95 Å². The van der Waals surface area contributed by atoms with E-state index in [2.05, 4.69) is 41.8 Å². The molecule has 92 valence electrons.